The van der Waals surface area contributed by atoms with Crippen molar-refractivity contribution in [3.05, 3.63) is 51.2 Å². The molecule has 0 unspecified atom stereocenters. The molecule has 0 saturated carbocycles. The van der Waals surface area contributed by atoms with E-state index in [0.717, 1.165) is 26.9 Å². The van der Waals surface area contributed by atoms with Crippen molar-refractivity contribution in [2.24, 2.45) is 0 Å². The number of H-pyrrole nitrogens is 1. The van der Waals surface area contributed by atoms with Crippen LogP contribution in [0.2, 0.25) is 0 Å². The number of fused-ring (bicyclic) bond motifs is 1. The molecule has 6 heteroatoms. The summed E-state index contributed by atoms with van der Waals surface area (Å²) < 4.78 is 8.50. The van der Waals surface area contributed by atoms with Gasteiger partial charge in [-0.05, 0) is 42.5 Å². The van der Waals surface area contributed by atoms with Gasteiger partial charge >= 0.3 is 0 Å². The fourth-order valence-electron chi connectivity index (χ4n) is 2.24. The van der Waals surface area contributed by atoms with E-state index < -0.39 is 0 Å². The zero-order valence-electron chi connectivity index (χ0n) is 11.1. The Morgan fingerprint density at radius 2 is 2.10 bits per heavy atom. The lowest BCUT2D eigenvalue weighted by Gasteiger charge is -2.08. The van der Waals surface area contributed by atoms with Gasteiger partial charge in [-0.15, -0.1) is 0 Å². The molecule has 0 radical (unpaired) electrons. The maximum absolute atomic E-state index is 9.31. The van der Waals surface area contributed by atoms with Crippen LogP contribution in [0.5, 0.6) is 5.75 Å². The second-order valence-corrected chi connectivity index (χ2v) is 5.72. The first-order chi connectivity index (χ1) is 10.1. The summed E-state index contributed by atoms with van der Waals surface area (Å²) in [7, 11) is 1.62. The third-order valence-corrected chi connectivity index (χ3v) is 3.99. The Kier molecular flexibility index (Phi) is 3.53. The Morgan fingerprint density at radius 3 is 2.81 bits per heavy atom. The molecular weight excluding hydrogens is 350 g/mol. The number of nitriles is 1. The van der Waals surface area contributed by atoms with Gasteiger partial charge in [0.15, 0.2) is 4.77 Å². The van der Waals surface area contributed by atoms with Crippen LogP contribution in [0.4, 0.5) is 0 Å². The average Bonchev–Trinajstić information content (AvgIpc) is 2.81. The number of imidazole rings is 1. The molecular formula is C15H10BrN3OS. The summed E-state index contributed by atoms with van der Waals surface area (Å²) in [5.74, 6) is 0.751. The van der Waals surface area contributed by atoms with E-state index in [0.29, 0.717) is 10.3 Å². The van der Waals surface area contributed by atoms with Gasteiger partial charge in [0, 0.05) is 10.5 Å². The number of hydrogen-bond donors (Lipinski definition) is 1. The lowest BCUT2D eigenvalue weighted by atomic mass is 10.2. The molecule has 0 saturated heterocycles. The highest BCUT2D eigenvalue weighted by Gasteiger charge is 2.11. The lowest BCUT2D eigenvalue weighted by molar-refractivity contribution is 0.415. The molecule has 0 atom stereocenters. The monoisotopic (exact) mass is 359 g/mol. The van der Waals surface area contributed by atoms with Crippen LogP contribution in [-0.2, 0) is 0 Å². The molecule has 0 aliphatic carbocycles. The van der Waals surface area contributed by atoms with Crippen LogP contribution in [-0.4, -0.2) is 16.7 Å². The number of nitrogens with one attached hydrogen (secondary N) is 1. The molecule has 0 spiro atoms. The summed E-state index contributed by atoms with van der Waals surface area (Å²) in [5.41, 5.74) is 3.07. The van der Waals surface area contributed by atoms with E-state index in [1.165, 1.54) is 0 Å². The molecule has 2 aromatic carbocycles. The van der Waals surface area contributed by atoms with Gasteiger partial charge in [-0.25, -0.2) is 0 Å². The Labute approximate surface area is 134 Å². The van der Waals surface area contributed by atoms with Crippen LogP contribution in [0.1, 0.15) is 5.56 Å². The van der Waals surface area contributed by atoms with Crippen LogP contribution in [0.25, 0.3) is 16.7 Å². The second kappa shape index (κ2) is 5.35. The fraction of sp³-hybridized carbons (Fsp3) is 0.0667. The number of rotatable bonds is 2. The summed E-state index contributed by atoms with van der Waals surface area (Å²) in [6, 6.07) is 13.4. The molecule has 4 nitrogen and oxygen atoms in total. The highest BCUT2D eigenvalue weighted by molar-refractivity contribution is 9.10. The minimum atomic E-state index is 0.535. The Balaban J connectivity index is 2.36. The van der Waals surface area contributed by atoms with Gasteiger partial charge in [-0.1, -0.05) is 15.9 Å². The van der Waals surface area contributed by atoms with E-state index in [1.54, 1.807) is 13.2 Å². The number of ether oxygens (including phenoxy) is 1. The van der Waals surface area contributed by atoms with E-state index in [4.69, 9.17) is 17.0 Å². The van der Waals surface area contributed by atoms with Crippen molar-refractivity contribution in [3.63, 3.8) is 0 Å². The van der Waals surface area contributed by atoms with Crippen LogP contribution in [0.15, 0.2) is 40.9 Å². The van der Waals surface area contributed by atoms with Crippen LogP contribution < -0.4 is 4.74 Å². The highest BCUT2D eigenvalue weighted by atomic mass is 79.9. The number of aromatic amines is 1. The van der Waals surface area contributed by atoms with Crippen molar-refractivity contribution in [2.45, 2.75) is 0 Å². The second-order valence-electron chi connectivity index (χ2n) is 4.42. The number of aromatic nitrogens is 2. The van der Waals surface area contributed by atoms with Gasteiger partial charge < -0.3 is 9.72 Å². The van der Waals surface area contributed by atoms with Crippen molar-refractivity contribution < 1.29 is 4.74 Å². The standard InChI is InChI=1S/C15H10BrN3OS/c1-20-11-4-5-13-12(7-11)18-15(21)19(13)14-6-10(16)3-2-9(14)8-17/h2-7H,1H3,(H,18,21). The van der Waals surface area contributed by atoms with Crippen molar-refractivity contribution in [1.82, 2.24) is 9.55 Å². The lowest BCUT2D eigenvalue weighted by Crippen LogP contribution is -1.97. The minimum absolute atomic E-state index is 0.535. The fourth-order valence-corrected chi connectivity index (χ4v) is 2.90. The van der Waals surface area contributed by atoms with Gasteiger partial charge in [-0.2, -0.15) is 5.26 Å². The van der Waals surface area contributed by atoms with Gasteiger partial charge in [0.05, 0.1) is 29.4 Å². The van der Waals surface area contributed by atoms with Crippen molar-refractivity contribution in [3.8, 4) is 17.5 Å². The van der Waals surface area contributed by atoms with E-state index in [9.17, 15) is 5.26 Å². The van der Waals surface area contributed by atoms with Gasteiger partial charge in [0.25, 0.3) is 0 Å². The molecule has 0 aliphatic heterocycles. The molecule has 1 N–H and O–H groups in total. The minimum Gasteiger partial charge on any atom is -0.497 e. The van der Waals surface area contributed by atoms with E-state index in [-0.39, 0.29) is 0 Å². The maximum atomic E-state index is 9.31. The first kappa shape index (κ1) is 13.9. The maximum Gasteiger partial charge on any atom is 0.182 e. The Hall–Kier alpha value is -2.10. The molecule has 3 rings (SSSR count). The van der Waals surface area contributed by atoms with Gasteiger partial charge in [0.2, 0.25) is 0 Å². The molecule has 0 bridgehead atoms. The highest BCUT2D eigenvalue weighted by Crippen LogP contribution is 2.27. The van der Waals surface area contributed by atoms with Crippen LogP contribution in [0, 0.1) is 16.1 Å². The SMILES string of the molecule is COc1ccc2c(c1)[nH]c(=S)n2-c1cc(Br)ccc1C#N. The summed E-state index contributed by atoms with van der Waals surface area (Å²) in [5, 5.41) is 9.31. The molecule has 0 aliphatic rings. The predicted octanol–water partition coefficient (Wildman–Crippen LogP) is 4.33. The molecule has 104 valence electrons. The summed E-state index contributed by atoms with van der Waals surface area (Å²) in [6.45, 7) is 0. The third kappa shape index (κ3) is 2.35. The van der Waals surface area contributed by atoms with Gasteiger partial charge in [0.1, 0.15) is 11.8 Å². The number of halogens is 1. The Bertz CT molecular complexity index is 936. The quantitative estimate of drug-likeness (QED) is 0.692. The van der Waals surface area contributed by atoms with E-state index in [1.807, 2.05) is 34.9 Å². The predicted molar refractivity (Wildman–Crippen MR) is 87.4 cm³/mol. The molecule has 0 fully saturated rings. The molecule has 3 aromatic rings. The summed E-state index contributed by atoms with van der Waals surface area (Å²) >= 11 is 8.84. The van der Waals surface area contributed by atoms with Crippen LogP contribution in [0.3, 0.4) is 0 Å². The smallest absolute Gasteiger partial charge is 0.182 e. The number of methoxy groups -OCH3 is 1. The van der Waals surface area contributed by atoms with Crippen molar-refractivity contribution in [2.75, 3.05) is 7.11 Å². The number of benzene rings is 2. The normalized spacial score (nSPS) is 10.5. The zero-order chi connectivity index (χ0) is 15.0. The van der Waals surface area contributed by atoms with Gasteiger partial charge in [-0.3, -0.25) is 4.57 Å². The van der Waals surface area contributed by atoms with Crippen molar-refractivity contribution >= 4 is 39.2 Å². The average molecular weight is 360 g/mol. The summed E-state index contributed by atoms with van der Waals surface area (Å²) in [6.07, 6.45) is 0. The Morgan fingerprint density at radius 1 is 1.29 bits per heavy atom. The third-order valence-electron chi connectivity index (χ3n) is 3.21. The van der Waals surface area contributed by atoms with E-state index in [2.05, 4.69) is 27.0 Å². The molecule has 1 aromatic heterocycles. The first-order valence-corrected chi connectivity index (χ1v) is 7.33. The molecule has 21 heavy (non-hydrogen) atoms. The number of nitrogens with zero attached hydrogens (tertiary/aromatic N) is 2. The number of hydrogen-bond acceptors (Lipinski definition) is 3. The molecule has 0 amide bonds. The molecule has 1 heterocycles. The summed E-state index contributed by atoms with van der Waals surface area (Å²) in [4.78, 5) is 3.14. The largest absolute Gasteiger partial charge is 0.497 e. The van der Waals surface area contributed by atoms with E-state index >= 15 is 0 Å². The first-order valence-electron chi connectivity index (χ1n) is 6.13. The van der Waals surface area contributed by atoms with Crippen molar-refractivity contribution in [1.29, 1.82) is 5.26 Å². The topological polar surface area (TPSA) is 53.7 Å². The van der Waals surface area contributed by atoms with Crippen LogP contribution >= 0.6 is 28.1 Å². The zero-order valence-corrected chi connectivity index (χ0v) is 13.5.